The molecular weight excluding hydrogens is 212 g/mol. The Morgan fingerprint density at radius 3 is 2.56 bits per heavy atom. The first kappa shape index (κ1) is 14.9. The Bertz CT molecular complexity index is 233. The van der Waals surface area contributed by atoms with Gasteiger partial charge in [0.25, 0.3) is 0 Å². The smallest absolute Gasteiger partial charge is 0.303 e. The number of nitrogens with one attached hydrogen (secondary N) is 1. The normalized spacial score (nSPS) is 14.2. The number of carbonyl (C=O) groups is 2. The molecule has 4 N–H and O–H groups in total. The van der Waals surface area contributed by atoms with Crippen molar-refractivity contribution in [2.45, 2.75) is 38.3 Å². The molecule has 0 aliphatic rings. The van der Waals surface area contributed by atoms with Crippen LogP contribution in [0, 0.1) is 0 Å². The third-order valence-corrected chi connectivity index (χ3v) is 2.15. The molecule has 0 aromatic heterocycles. The van der Waals surface area contributed by atoms with E-state index in [0.717, 1.165) is 0 Å². The minimum atomic E-state index is -0.948. The fourth-order valence-corrected chi connectivity index (χ4v) is 1.13. The van der Waals surface area contributed by atoms with Crippen molar-refractivity contribution in [2.24, 2.45) is 5.73 Å². The standard InChI is InChI=1S/C10H20N2O4/c1-7(5-6-16-2)12-10(15)8(11)3-4-9(13)14/h7-8H,3-6,11H2,1-2H3,(H,12,15)(H,13,14). The highest BCUT2D eigenvalue weighted by Gasteiger charge is 2.16. The van der Waals surface area contributed by atoms with E-state index >= 15 is 0 Å². The highest BCUT2D eigenvalue weighted by Crippen LogP contribution is 1.97. The van der Waals surface area contributed by atoms with Crippen molar-refractivity contribution in [3.63, 3.8) is 0 Å². The lowest BCUT2D eigenvalue weighted by Crippen LogP contribution is -2.44. The highest BCUT2D eigenvalue weighted by atomic mass is 16.5. The van der Waals surface area contributed by atoms with E-state index in [1.54, 1.807) is 7.11 Å². The largest absolute Gasteiger partial charge is 0.481 e. The molecule has 6 heteroatoms. The lowest BCUT2D eigenvalue weighted by Gasteiger charge is -2.16. The van der Waals surface area contributed by atoms with Gasteiger partial charge in [-0.25, -0.2) is 0 Å². The molecule has 6 nitrogen and oxygen atoms in total. The van der Waals surface area contributed by atoms with Gasteiger partial charge < -0.3 is 20.9 Å². The quantitative estimate of drug-likeness (QED) is 0.534. The molecule has 2 unspecified atom stereocenters. The third-order valence-electron chi connectivity index (χ3n) is 2.15. The molecular formula is C10H20N2O4. The zero-order chi connectivity index (χ0) is 12.6. The van der Waals surface area contributed by atoms with E-state index in [0.29, 0.717) is 13.0 Å². The van der Waals surface area contributed by atoms with Crippen LogP contribution >= 0.6 is 0 Å². The Labute approximate surface area is 95.1 Å². The van der Waals surface area contributed by atoms with E-state index in [2.05, 4.69) is 5.32 Å². The van der Waals surface area contributed by atoms with Crippen molar-refractivity contribution in [3.05, 3.63) is 0 Å². The number of carbonyl (C=O) groups excluding carboxylic acids is 1. The average molecular weight is 232 g/mol. The van der Waals surface area contributed by atoms with Crippen molar-refractivity contribution in [1.82, 2.24) is 5.32 Å². The predicted molar refractivity (Wildman–Crippen MR) is 58.9 cm³/mol. The van der Waals surface area contributed by atoms with Crippen LogP contribution in [0.4, 0.5) is 0 Å². The van der Waals surface area contributed by atoms with Gasteiger partial charge in [-0.2, -0.15) is 0 Å². The topological polar surface area (TPSA) is 102 Å². The maximum atomic E-state index is 11.5. The third kappa shape index (κ3) is 7.19. The van der Waals surface area contributed by atoms with E-state index in [1.165, 1.54) is 0 Å². The number of hydrogen-bond donors (Lipinski definition) is 3. The van der Waals surface area contributed by atoms with Crippen LogP contribution in [0.2, 0.25) is 0 Å². The van der Waals surface area contributed by atoms with Gasteiger partial charge in [0.1, 0.15) is 0 Å². The predicted octanol–water partition coefficient (Wildman–Crippen LogP) is -0.280. The van der Waals surface area contributed by atoms with Crippen LogP contribution in [0.25, 0.3) is 0 Å². The number of amides is 1. The lowest BCUT2D eigenvalue weighted by atomic mass is 10.1. The van der Waals surface area contributed by atoms with Gasteiger partial charge in [0, 0.05) is 26.2 Å². The number of hydrogen-bond acceptors (Lipinski definition) is 4. The average Bonchev–Trinajstić information content (AvgIpc) is 2.22. The van der Waals surface area contributed by atoms with Crippen LogP contribution in [-0.4, -0.2) is 42.8 Å². The molecule has 0 aromatic rings. The molecule has 0 saturated heterocycles. The molecule has 2 atom stereocenters. The molecule has 0 bridgehead atoms. The van der Waals surface area contributed by atoms with Gasteiger partial charge in [0.15, 0.2) is 0 Å². The molecule has 0 radical (unpaired) electrons. The van der Waals surface area contributed by atoms with E-state index in [4.69, 9.17) is 15.6 Å². The monoisotopic (exact) mass is 232 g/mol. The van der Waals surface area contributed by atoms with Gasteiger partial charge in [-0.3, -0.25) is 9.59 Å². The van der Waals surface area contributed by atoms with E-state index in [9.17, 15) is 9.59 Å². The Morgan fingerprint density at radius 2 is 2.06 bits per heavy atom. The summed E-state index contributed by atoms with van der Waals surface area (Å²) in [7, 11) is 1.59. The molecule has 94 valence electrons. The summed E-state index contributed by atoms with van der Waals surface area (Å²) in [6, 6.07) is -0.788. The molecule has 1 amide bonds. The van der Waals surface area contributed by atoms with Gasteiger partial charge in [0.05, 0.1) is 6.04 Å². The maximum Gasteiger partial charge on any atom is 0.303 e. The second-order valence-corrected chi connectivity index (χ2v) is 3.73. The molecule has 0 aliphatic heterocycles. The minimum Gasteiger partial charge on any atom is -0.481 e. The first-order valence-electron chi connectivity index (χ1n) is 5.24. The first-order chi connectivity index (χ1) is 7.47. The molecule has 0 rings (SSSR count). The van der Waals surface area contributed by atoms with Crippen LogP contribution in [0.3, 0.4) is 0 Å². The number of carboxylic acids is 1. The highest BCUT2D eigenvalue weighted by molar-refractivity contribution is 5.82. The number of aliphatic carboxylic acids is 1. The SMILES string of the molecule is COCCC(C)NC(=O)C(N)CCC(=O)O. The van der Waals surface area contributed by atoms with Crippen molar-refractivity contribution < 1.29 is 19.4 Å². The molecule has 0 aromatic carbocycles. The molecule has 16 heavy (non-hydrogen) atoms. The van der Waals surface area contributed by atoms with Crippen molar-refractivity contribution in [2.75, 3.05) is 13.7 Å². The van der Waals surface area contributed by atoms with Crippen molar-refractivity contribution in [1.29, 1.82) is 0 Å². The summed E-state index contributed by atoms with van der Waals surface area (Å²) in [6.45, 7) is 2.41. The van der Waals surface area contributed by atoms with E-state index in [-0.39, 0.29) is 24.8 Å². The number of nitrogens with two attached hydrogens (primary N) is 1. The molecule has 0 saturated carbocycles. The van der Waals surface area contributed by atoms with Gasteiger partial charge in [0.2, 0.25) is 5.91 Å². The minimum absolute atomic E-state index is 0.0247. The Kier molecular flexibility index (Phi) is 7.49. The Balaban J connectivity index is 3.81. The van der Waals surface area contributed by atoms with Crippen LogP contribution in [0.1, 0.15) is 26.2 Å². The second kappa shape index (κ2) is 8.06. The Hall–Kier alpha value is -1.14. The molecule has 0 spiro atoms. The summed E-state index contributed by atoms with van der Waals surface area (Å²) in [4.78, 5) is 21.7. The maximum absolute atomic E-state index is 11.5. The van der Waals surface area contributed by atoms with Gasteiger partial charge in [-0.05, 0) is 19.8 Å². The molecule has 0 aliphatic carbocycles. The summed E-state index contributed by atoms with van der Waals surface area (Å²) in [5, 5.41) is 11.1. The van der Waals surface area contributed by atoms with Gasteiger partial charge in [-0.15, -0.1) is 0 Å². The number of rotatable bonds is 8. The van der Waals surface area contributed by atoms with E-state index in [1.807, 2.05) is 6.92 Å². The summed E-state index contributed by atoms with van der Waals surface area (Å²) >= 11 is 0. The van der Waals surface area contributed by atoms with Crippen LogP contribution in [0.15, 0.2) is 0 Å². The summed E-state index contributed by atoms with van der Waals surface area (Å²) in [5.74, 6) is -1.26. The zero-order valence-corrected chi connectivity index (χ0v) is 9.73. The summed E-state index contributed by atoms with van der Waals surface area (Å²) in [6.07, 6.45) is 0.757. The second-order valence-electron chi connectivity index (χ2n) is 3.73. The summed E-state index contributed by atoms with van der Waals surface area (Å²) in [5.41, 5.74) is 5.54. The van der Waals surface area contributed by atoms with Crippen LogP contribution in [0.5, 0.6) is 0 Å². The number of carboxylic acid groups (broad SMARTS) is 1. The first-order valence-corrected chi connectivity index (χ1v) is 5.24. The molecule has 0 fully saturated rings. The van der Waals surface area contributed by atoms with Crippen LogP contribution in [-0.2, 0) is 14.3 Å². The molecule has 0 heterocycles. The van der Waals surface area contributed by atoms with Gasteiger partial charge >= 0.3 is 5.97 Å². The number of ether oxygens (including phenoxy) is 1. The van der Waals surface area contributed by atoms with E-state index < -0.39 is 12.0 Å². The van der Waals surface area contributed by atoms with Gasteiger partial charge in [-0.1, -0.05) is 0 Å². The Morgan fingerprint density at radius 1 is 1.44 bits per heavy atom. The van der Waals surface area contributed by atoms with Crippen molar-refractivity contribution >= 4 is 11.9 Å². The number of methoxy groups -OCH3 is 1. The fourth-order valence-electron chi connectivity index (χ4n) is 1.13. The van der Waals surface area contributed by atoms with Crippen molar-refractivity contribution in [3.8, 4) is 0 Å². The van der Waals surface area contributed by atoms with Crippen LogP contribution < -0.4 is 11.1 Å². The summed E-state index contributed by atoms with van der Waals surface area (Å²) < 4.78 is 4.87. The fraction of sp³-hybridized carbons (Fsp3) is 0.800. The zero-order valence-electron chi connectivity index (χ0n) is 9.73. The lowest BCUT2D eigenvalue weighted by molar-refractivity contribution is -0.137.